The number of fused-ring (bicyclic) bond motifs is 1. The standard InChI is InChI=1S/C40H49N5O7/c1-27(2)21-34(43-40(49)37-25-30-24-31(11-12-36(30)52-37)51-20-17-44-15-18-50-19-16-44)39(48)42-33-10-6-14-45(26-35(33)46)38(47)23-28-7-5-8-29(22-28)32-9-3-4-13-41-32/h3-5,7-9,11-13,22,24-25,27,33-35,46H,6,10,14-21,23,26H2,1-2H3,(H,42,48)(H,43,49)/t33?,34-,35?/m0/s1. The number of nitrogens with one attached hydrogen (secondary N) is 2. The fourth-order valence-electron chi connectivity index (χ4n) is 6.75. The van der Waals surface area contributed by atoms with Crippen molar-refractivity contribution < 1.29 is 33.4 Å². The summed E-state index contributed by atoms with van der Waals surface area (Å²) in [7, 11) is 0. The lowest BCUT2D eigenvalue weighted by Gasteiger charge is -2.27. The summed E-state index contributed by atoms with van der Waals surface area (Å²) in [6, 6.07) is 19.1. The number of carbonyl (C=O) groups is 3. The van der Waals surface area contributed by atoms with E-state index in [0.29, 0.717) is 43.7 Å². The molecular weight excluding hydrogens is 662 g/mol. The van der Waals surface area contributed by atoms with E-state index in [-0.39, 0.29) is 36.5 Å². The average molecular weight is 712 g/mol. The Morgan fingerprint density at radius 2 is 1.87 bits per heavy atom. The second-order valence-corrected chi connectivity index (χ2v) is 14.0. The molecule has 3 N–H and O–H groups in total. The van der Waals surface area contributed by atoms with Crippen LogP contribution in [-0.2, 0) is 20.7 Å². The Morgan fingerprint density at radius 3 is 2.65 bits per heavy atom. The third-order valence-corrected chi connectivity index (χ3v) is 9.56. The van der Waals surface area contributed by atoms with Crippen LogP contribution in [-0.4, -0.2) is 108 Å². The van der Waals surface area contributed by atoms with Gasteiger partial charge in [-0.3, -0.25) is 24.3 Å². The summed E-state index contributed by atoms with van der Waals surface area (Å²) in [4.78, 5) is 48.8. The van der Waals surface area contributed by atoms with Gasteiger partial charge in [0.25, 0.3) is 5.91 Å². The number of nitrogens with zero attached hydrogens (tertiary/aromatic N) is 3. The number of pyridine rings is 1. The van der Waals surface area contributed by atoms with E-state index >= 15 is 0 Å². The SMILES string of the molecule is CC(C)C[C@H](NC(=O)c1cc2cc(OCCN3CCOCC3)ccc2o1)C(=O)NC1CCCN(C(=O)Cc2cccc(-c3ccccn3)c2)CC1O. The first kappa shape index (κ1) is 37.0. The van der Waals surface area contributed by atoms with E-state index < -0.39 is 24.1 Å². The normalized spacial score (nSPS) is 18.9. The molecule has 2 aromatic heterocycles. The molecule has 2 aliphatic rings. The topological polar surface area (TPSA) is 146 Å². The third-order valence-electron chi connectivity index (χ3n) is 9.56. The van der Waals surface area contributed by atoms with Crippen LogP contribution >= 0.6 is 0 Å². The van der Waals surface area contributed by atoms with Crippen LogP contribution in [0.15, 0.2) is 77.3 Å². The van der Waals surface area contributed by atoms with E-state index in [2.05, 4.69) is 20.5 Å². The van der Waals surface area contributed by atoms with Crippen molar-refractivity contribution in [2.75, 3.05) is 52.5 Å². The summed E-state index contributed by atoms with van der Waals surface area (Å²) in [5, 5.41) is 17.7. The molecule has 2 unspecified atom stereocenters. The lowest BCUT2D eigenvalue weighted by atomic mass is 10.0. The van der Waals surface area contributed by atoms with Gasteiger partial charge in [0.1, 0.15) is 24.0 Å². The molecule has 0 radical (unpaired) electrons. The van der Waals surface area contributed by atoms with Gasteiger partial charge in [-0.25, -0.2) is 0 Å². The Kier molecular flexibility index (Phi) is 12.5. The fourth-order valence-corrected chi connectivity index (χ4v) is 6.75. The predicted molar refractivity (Wildman–Crippen MR) is 197 cm³/mol. The van der Waals surface area contributed by atoms with Gasteiger partial charge in [-0.1, -0.05) is 38.1 Å². The predicted octanol–water partition coefficient (Wildman–Crippen LogP) is 4.06. The van der Waals surface area contributed by atoms with Crippen molar-refractivity contribution in [1.29, 1.82) is 0 Å². The van der Waals surface area contributed by atoms with Crippen LogP contribution in [0.1, 0.15) is 49.2 Å². The van der Waals surface area contributed by atoms with Crippen LogP contribution in [0.2, 0.25) is 0 Å². The number of carbonyl (C=O) groups excluding carboxylic acids is 3. The Balaban J connectivity index is 1.03. The number of hydrogen-bond donors (Lipinski definition) is 3. The monoisotopic (exact) mass is 711 g/mol. The maximum atomic E-state index is 13.6. The molecule has 0 spiro atoms. The first-order valence-corrected chi connectivity index (χ1v) is 18.3. The number of aliphatic hydroxyl groups excluding tert-OH is 1. The highest BCUT2D eigenvalue weighted by Gasteiger charge is 2.32. The minimum Gasteiger partial charge on any atom is -0.492 e. The van der Waals surface area contributed by atoms with E-state index in [0.717, 1.165) is 55.1 Å². The molecule has 52 heavy (non-hydrogen) atoms. The Labute approximate surface area is 304 Å². The van der Waals surface area contributed by atoms with Crippen LogP contribution in [0.5, 0.6) is 5.75 Å². The minimum atomic E-state index is -0.966. The van der Waals surface area contributed by atoms with Crippen LogP contribution in [0.3, 0.4) is 0 Å². The van der Waals surface area contributed by atoms with Gasteiger partial charge in [0.15, 0.2) is 5.76 Å². The Bertz CT molecular complexity index is 1810. The summed E-state index contributed by atoms with van der Waals surface area (Å²) in [6.07, 6.45) is 2.46. The maximum Gasteiger partial charge on any atom is 0.287 e. The van der Waals surface area contributed by atoms with Crippen molar-refractivity contribution >= 4 is 28.7 Å². The number of aromatic nitrogens is 1. The van der Waals surface area contributed by atoms with E-state index in [4.69, 9.17) is 13.9 Å². The molecule has 2 aliphatic heterocycles. The van der Waals surface area contributed by atoms with E-state index in [1.165, 1.54) is 0 Å². The quantitative estimate of drug-likeness (QED) is 0.187. The highest BCUT2D eigenvalue weighted by Crippen LogP contribution is 2.25. The van der Waals surface area contributed by atoms with Crippen molar-refractivity contribution in [2.24, 2.45) is 5.92 Å². The molecule has 0 aliphatic carbocycles. The summed E-state index contributed by atoms with van der Waals surface area (Å²) in [6.45, 7) is 9.12. The number of likely N-dealkylation sites (tertiary alicyclic amines) is 1. The zero-order chi connectivity index (χ0) is 36.5. The molecule has 12 nitrogen and oxygen atoms in total. The zero-order valence-electron chi connectivity index (χ0n) is 30.0. The Hall–Kier alpha value is -4.78. The highest BCUT2D eigenvalue weighted by atomic mass is 16.5. The van der Waals surface area contributed by atoms with E-state index in [1.54, 1.807) is 23.2 Å². The fraction of sp³-hybridized carbons (Fsp3) is 0.450. The number of furan rings is 1. The first-order valence-electron chi connectivity index (χ1n) is 18.3. The molecule has 2 saturated heterocycles. The maximum absolute atomic E-state index is 13.6. The first-order chi connectivity index (χ1) is 25.2. The van der Waals surface area contributed by atoms with Gasteiger partial charge in [-0.2, -0.15) is 0 Å². The second kappa shape index (κ2) is 17.6. The summed E-state index contributed by atoms with van der Waals surface area (Å²) >= 11 is 0. The molecule has 12 heteroatoms. The van der Waals surface area contributed by atoms with Crippen LogP contribution in [0.4, 0.5) is 0 Å². The van der Waals surface area contributed by atoms with Crippen molar-refractivity contribution in [3.63, 3.8) is 0 Å². The van der Waals surface area contributed by atoms with Crippen LogP contribution < -0.4 is 15.4 Å². The Morgan fingerprint density at radius 1 is 1.02 bits per heavy atom. The highest BCUT2D eigenvalue weighted by molar-refractivity contribution is 5.99. The molecule has 4 aromatic rings. The molecule has 0 saturated carbocycles. The van der Waals surface area contributed by atoms with Gasteiger partial charge >= 0.3 is 0 Å². The molecular formula is C40H49N5O7. The summed E-state index contributed by atoms with van der Waals surface area (Å²) < 4.78 is 17.2. The number of hydrogen-bond acceptors (Lipinski definition) is 9. The molecule has 2 fully saturated rings. The van der Waals surface area contributed by atoms with Gasteiger partial charge in [-0.15, -0.1) is 0 Å². The number of amides is 3. The second-order valence-electron chi connectivity index (χ2n) is 14.0. The van der Waals surface area contributed by atoms with Gasteiger partial charge in [0.2, 0.25) is 11.8 Å². The van der Waals surface area contributed by atoms with E-state index in [1.807, 2.05) is 68.4 Å². The number of rotatable bonds is 13. The molecule has 6 rings (SSSR count). The molecule has 2 aromatic carbocycles. The van der Waals surface area contributed by atoms with Gasteiger partial charge in [0.05, 0.1) is 37.5 Å². The third kappa shape index (κ3) is 9.96. The largest absolute Gasteiger partial charge is 0.492 e. The summed E-state index contributed by atoms with van der Waals surface area (Å²) in [5.41, 5.74) is 3.17. The van der Waals surface area contributed by atoms with Gasteiger partial charge in [0, 0.05) is 49.9 Å². The molecule has 3 amide bonds. The van der Waals surface area contributed by atoms with Crippen molar-refractivity contribution in [1.82, 2.24) is 25.4 Å². The lowest BCUT2D eigenvalue weighted by molar-refractivity contribution is -0.131. The molecule has 4 heterocycles. The summed E-state index contributed by atoms with van der Waals surface area (Å²) in [5.74, 6) is -0.0980. The number of morpholine rings is 1. The zero-order valence-corrected chi connectivity index (χ0v) is 30.0. The van der Waals surface area contributed by atoms with Gasteiger partial charge in [-0.05, 0) is 73.2 Å². The van der Waals surface area contributed by atoms with Crippen LogP contribution in [0, 0.1) is 5.92 Å². The smallest absolute Gasteiger partial charge is 0.287 e. The molecule has 276 valence electrons. The molecule has 0 bridgehead atoms. The molecule has 3 atom stereocenters. The average Bonchev–Trinajstić information content (AvgIpc) is 3.49. The number of β-amino-alcohol motifs (C(OH)–C–C–N with tert-alkyl or cyclic N) is 1. The number of benzene rings is 2. The number of ether oxygens (including phenoxy) is 2. The lowest BCUT2D eigenvalue weighted by Crippen LogP contribution is -2.54. The number of aliphatic hydroxyl groups is 1. The van der Waals surface area contributed by atoms with E-state index in [9.17, 15) is 19.5 Å². The van der Waals surface area contributed by atoms with Gasteiger partial charge < -0.3 is 34.5 Å². The van der Waals surface area contributed by atoms with Crippen molar-refractivity contribution in [2.45, 2.75) is 57.7 Å². The van der Waals surface area contributed by atoms with Crippen molar-refractivity contribution in [3.8, 4) is 17.0 Å². The van der Waals surface area contributed by atoms with Crippen LogP contribution in [0.25, 0.3) is 22.2 Å². The van der Waals surface area contributed by atoms with Crippen molar-refractivity contribution in [3.05, 3.63) is 84.3 Å². The minimum absolute atomic E-state index is 0.0911.